The molecule has 3 nitrogen and oxygen atoms in total. The molecule has 0 aromatic heterocycles. The Hall–Kier alpha value is -1.06. The van der Waals surface area contributed by atoms with Gasteiger partial charge in [-0.3, -0.25) is 4.79 Å². The number of aryl methyl sites for hydroxylation is 1. The van der Waals surface area contributed by atoms with Crippen LogP contribution in [-0.4, -0.2) is 26.2 Å². The number of halogens is 1. The molecule has 0 fully saturated rings. The third-order valence-electron chi connectivity index (χ3n) is 2.61. The molecule has 0 bridgehead atoms. The summed E-state index contributed by atoms with van der Waals surface area (Å²) in [6, 6.07) is 8.42. The van der Waals surface area contributed by atoms with Gasteiger partial charge in [0, 0.05) is 6.42 Å². The maximum Gasteiger partial charge on any atom is 0.306 e. The van der Waals surface area contributed by atoms with Gasteiger partial charge in [-0.2, -0.15) is 0 Å². The highest BCUT2D eigenvalue weighted by molar-refractivity contribution is 5.85. The van der Waals surface area contributed by atoms with Gasteiger partial charge in [-0.05, 0) is 44.5 Å². The van der Waals surface area contributed by atoms with Crippen LogP contribution >= 0.6 is 12.4 Å². The van der Waals surface area contributed by atoms with Crippen LogP contribution in [-0.2, 0) is 22.4 Å². The molecule has 0 heterocycles. The number of ether oxygens (including phenoxy) is 1. The summed E-state index contributed by atoms with van der Waals surface area (Å²) >= 11 is 0. The SMILES string of the molecule is CCOC(=O)CCc1ccc(CCNC)cc1.Cl. The van der Waals surface area contributed by atoms with Crippen molar-refractivity contribution in [3.63, 3.8) is 0 Å². The standard InChI is InChI=1S/C14H21NO2.ClH/c1-3-17-14(16)9-8-12-4-6-13(7-5-12)10-11-15-2;/h4-7,15H,3,8-11H2,1-2H3;1H. The van der Waals surface area contributed by atoms with E-state index in [-0.39, 0.29) is 18.4 Å². The zero-order chi connectivity index (χ0) is 12.5. The van der Waals surface area contributed by atoms with Crippen LogP contribution in [0.25, 0.3) is 0 Å². The Morgan fingerprint density at radius 2 is 1.72 bits per heavy atom. The van der Waals surface area contributed by atoms with Crippen LogP contribution in [0.4, 0.5) is 0 Å². The Balaban J connectivity index is 0.00000289. The van der Waals surface area contributed by atoms with E-state index in [9.17, 15) is 4.79 Å². The molecule has 1 N–H and O–H groups in total. The van der Waals surface area contributed by atoms with Gasteiger partial charge in [0.05, 0.1) is 6.61 Å². The molecule has 0 atom stereocenters. The van der Waals surface area contributed by atoms with Crippen molar-refractivity contribution in [3.05, 3.63) is 35.4 Å². The number of hydrogen-bond donors (Lipinski definition) is 1. The van der Waals surface area contributed by atoms with Crippen molar-refractivity contribution in [2.24, 2.45) is 0 Å². The summed E-state index contributed by atoms with van der Waals surface area (Å²) in [6.07, 6.45) is 2.25. The molecule has 0 unspecified atom stereocenters. The van der Waals surface area contributed by atoms with Gasteiger partial charge in [0.1, 0.15) is 0 Å². The minimum absolute atomic E-state index is 0. The van der Waals surface area contributed by atoms with Crippen molar-refractivity contribution in [2.45, 2.75) is 26.2 Å². The first-order valence-electron chi connectivity index (χ1n) is 6.14. The lowest BCUT2D eigenvalue weighted by atomic mass is 10.1. The van der Waals surface area contributed by atoms with Gasteiger partial charge in [-0.1, -0.05) is 24.3 Å². The monoisotopic (exact) mass is 271 g/mol. The highest BCUT2D eigenvalue weighted by Gasteiger charge is 2.02. The first-order valence-corrected chi connectivity index (χ1v) is 6.14. The van der Waals surface area contributed by atoms with E-state index in [2.05, 4.69) is 29.6 Å². The molecule has 4 heteroatoms. The summed E-state index contributed by atoms with van der Waals surface area (Å²) in [4.78, 5) is 11.2. The van der Waals surface area contributed by atoms with E-state index >= 15 is 0 Å². The Labute approximate surface area is 115 Å². The van der Waals surface area contributed by atoms with E-state index in [0.717, 1.165) is 19.4 Å². The van der Waals surface area contributed by atoms with Crippen LogP contribution in [0.5, 0.6) is 0 Å². The molecule has 0 aliphatic rings. The molecule has 0 radical (unpaired) electrons. The third-order valence-corrected chi connectivity index (χ3v) is 2.61. The number of nitrogens with one attached hydrogen (secondary N) is 1. The molecule has 0 saturated heterocycles. The quantitative estimate of drug-likeness (QED) is 0.774. The van der Waals surface area contributed by atoms with Crippen molar-refractivity contribution in [1.82, 2.24) is 5.32 Å². The Bertz CT molecular complexity index is 338. The molecule has 0 saturated carbocycles. The largest absolute Gasteiger partial charge is 0.466 e. The third kappa shape index (κ3) is 6.62. The predicted octanol–water partition coefficient (Wildman–Crippen LogP) is 2.37. The molecular formula is C14H22ClNO2. The van der Waals surface area contributed by atoms with E-state index in [4.69, 9.17) is 4.74 Å². The summed E-state index contributed by atoms with van der Waals surface area (Å²) in [5.41, 5.74) is 2.51. The van der Waals surface area contributed by atoms with E-state index in [1.807, 2.05) is 14.0 Å². The van der Waals surface area contributed by atoms with Crippen molar-refractivity contribution < 1.29 is 9.53 Å². The highest BCUT2D eigenvalue weighted by Crippen LogP contribution is 2.07. The normalized spacial score (nSPS) is 9.67. The number of carbonyl (C=O) groups is 1. The fraction of sp³-hybridized carbons (Fsp3) is 0.500. The minimum atomic E-state index is -0.119. The Morgan fingerprint density at radius 1 is 1.17 bits per heavy atom. The predicted molar refractivity (Wildman–Crippen MR) is 76.3 cm³/mol. The highest BCUT2D eigenvalue weighted by atomic mass is 35.5. The average molecular weight is 272 g/mol. The average Bonchev–Trinajstić information content (AvgIpc) is 2.35. The van der Waals surface area contributed by atoms with Crippen molar-refractivity contribution >= 4 is 18.4 Å². The first-order chi connectivity index (χ1) is 8.26. The van der Waals surface area contributed by atoms with Gasteiger partial charge in [0.2, 0.25) is 0 Å². The number of benzene rings is 1. The lowest BCUT2D eigenvalue weighted by Gasteiger charge is -2.04. The maximum atomic E-state index is 11.2. The molecule has 1 aromatic rings. The van der Waals surface area contributed by atoms with Gasteiger partial charge >= 0.3 is 5.97 Å². The summed E-state index contributed by atoms with van der Waals surface area (Å²) in [6.45, 7) is 3.28. The summed E-state index contributed by atoms with van der Waals surface area (Å²) in [5.74, 6) is -0.119. The Kier molecular flexibility index (Phi) is 9.33. The molecule has 1 aromatic carbocycles. The van der Waals surface area contributed by atoms with Crippen LogP contribution in [0.1, 0.15) is 24.5 Å². The first kappa shape index (κ1) is 16.9. The topological polar surface area (TPSA) is 38.3 Å². The molecule has 102 valence electrons. The van der Waals surface area contributed by atoms with Gasteiger partial charge in [0.25, 0.3) is 0 Å². The van der Waals surface area contributed by atoms with Crippen LogP contribution in [0.3, 0.4) is 0 Å². The van der Waals surface area contributed by atoms with Gasteiger partial charge in [-0.25, -0.2) is 0 Å². The van der Waals surface area contributed by atoms with Crippen LogP contribution < -0.4 is 5.32 Å². The zero-order valence-corrected chi connectivity index (χ0v) is 11.9. The molecule has 1 rings (SSSR count). The summed E-state index contributed by atoms with van der Waals surface area (Å²) < 4.78 is 4.89. The maximum absolute atomic E-state index is 11.2. The van der Waals surface area contributed by atoms with Gasteiger partial charge < -0.3 is 10.1 Å². The second-order valence-electron chi connectivity index (χ2n) is 3.98. The summed E-state index contributed by atoms with van der Waals surface area (Å²) in [7, 11) is 1.95. The molecule has 0 amide bonds. The van der Waals surface area contributed by atoms with Gasteiger partial charge in [-0.15, -0.1) is 12.4 Å². The minimum Gasteiger partial charge on any atom is -0.466 e. The van der Waals surface area contributed by atoms with Gasteiger partial charge in [0.15, 0.2) is 0 Å². The molecule has 0 aliphatic carbocycles. The fourth-order valence-electron chi connectivity index (χ4n) is 1.62. The Morgan fingerprint density at radius 3 is 2.22 bits per heavy atom. The second-order valence-corrected chi connectivity index (χ2v) is 3.98. The second kappa shape index (κ2) is 9.92. The number of hydrogen-bond acceptors (Lipinski definition) is 3. The molecular weight excluding hydrogens is 250 g/mol. The van der Waals surface area contributed by atoms with Crippen molar-refractivity contribution in [3.8, 4) is 0 Å². The lowest BCUT2D eigenvalue weighted by Crippen LogP contribution is -2.10. The zero-order valence-electron chi connectivity index (χ0n) is 11.1. The molecule has 18 heavy (non-hydrogen) atoms. The van der Waals surface area contributed by atoms with E-state index in [1.54, 1.807) is 0 Å². The molecule has 0 spiro atoms. The lowest BCUT2D eigenvalue weighted by molar-refractivity contribution is -0.143. The van der Waals surface area contributed by atoms with Crippen molar-refractivity contribution in [1.29, 1.82) is 0 Å². The number of carbonyl (C=O) groups excluding carboxylic acids is 1. The van der Waals surface area contributed by atoms with E-state index in [1.165, 1.54) is 11.1 Å². The number of esters is 1. The fourth-order valence-corrected chi connectivity index (χ4v) is 1.62. The number of likely N-dealkylation sites (N-methyl/N-ethyl adjacent to an activating group) is 1. The van der Waals surface area contributed by atoms with Crippen LogP contribution in [0.15, 0.2) is 24.3 Å². The van der Waals surface area contributed by atoms with Crippen molar-refractivity contribution in [2.75, 3.05) is 20.2 Å². The van der Waals surface area contributed by atoms with E-state index < -0.39 is 0 Å². The van der Waals surface area contributed by atoms with Crippen LogP contribution in [0, 0.1) is 0 Å². The van der Waals surface area contributed by atoms with E-state index in [0.29, 0.717) is 13.0 Å². The smallest absolute Gasteiger partial charge is 0.306 e. The van der Waals surface area contributed by atoms with Crippen LogP contribution in [0.2, 0.25) is 0 Å². The number of rotatable bonds is 7. The molecule has 0 aliphatic heterocycles. The summed E-state index contributed by atoms with van der Waals surface area (Å²) in [5, 5.41) is 3.12.